The number of guanidine groups is 1. The van der Waals surface area contributed by atoms with Crippen molar-refractivity contribution >= 4 is 11.9 Å². The Kier molecular flexibility index (Phi) is 9.94. The van der Waals surface area contributed by atoms with Gasteiger partial charge in [-0.05, 0) is 64.7 Å². The van der Waals surface area contributed by atoms with Gasteiger partial charge in [0.15, 0.2) is 12.6 Å². The summed E-state index contributed by atoms with van der Waals surface area (Å²) in [6.07, 6.45) is 3.05. The van der Waals surface area contributed by atoms with Crippen LogP contribution in [0.4, 0.5) is 0 Å². The average molecular weight is 418 g/mol. The molecule has 7 heteroatoms. The number of aliphatic imine (C=N–C) groups is 1. The Bertz CT molecular complexity index is 661. The fourth-order valence-corrected chi connectivity index (χ4v) is 3.36. The number of nitrogens with zero attached hydrogens (tertiary/aromatic N) is 2. The SMILES string of the molecule is CN=C(NCCc1ccc(OCC(=O)NC2CC2)cc1)NCCN(C(C)C)C(C)C. The standard InChI is InChI=1S/C23H39N5O2/c1-17(2)28(18(3)4)15-14-26-23(24-5)25-13-12-19-6-10-21(11-7-19)30-16-22(29)27-20-8-9-20/h6-7,10-11,17-18,20H,8-9,12-16H2,1-5H3,(H,27,29)(H2,24,25,26). The van der Waals surface area contributed by atoms with Gasteiger partial charge < -0.3 is 20.7 Å². The molecule has 1 aliphatic rings. The minimum absolute atomic E-state index is 0.0467. The zero-order chi connectivity index (χ0) is 21.9. The predicted molar refractivity (Wildman–Crippen MR) is 123 cm³/mol. The van der Waals surface area contributed by atoms with Crippen molar-refractivity contribution in [3.05, 3.63) is 29.8 Å². The van der Waals surface area contributed by atoms with Gasteiger partial charge in [0, 0.05) is 44.8 Å². The van der Waals surface area contributed by atoms with Gasteiger partial charge in [-0.25, -0.2) is 0 Å². The van der Waals surface area contributed by atoms with Crippen LogP contribution < -0.4 is 20.7 Å². The molecule has 30 heavy (non-hydrogen) atoms. The first-order valence-electron chi connectivity index (χ1n) is 11.1. The Balaban J connectivity index is 1.64. The summed E-state index contributed by atoms with van der Waals surface area (Å²) < 4.78 is 5.55. The van der Waals surface area contributed by atoms with E-state index in [4.69, 9.17) is 4.74 Å². The molecular weight excluding hydrogens is 378 g/mol. The number of nitrogens with one attached hydrogen (secondary N) is 3. The predicted octanol–water partition coefficient (Wildman–Crippen LogP) is 2.17. The second-order valence-corrected chi connectivity index (χ2v) is 8.38. The third-order valence-electron chi connectivity index (χ3n) is 5.15. The molecule has 0 bridgehead atoms. The first-order chi connectivity index (χ1) is 14.4. The van der Waals surface area contributed by atoms with Crippen LogP contribution in [0.1, 0.15) is 46.1 Å². The van der Waals surface area contributed by atoms with E-state index in [1.54, 1.807) is 7.05 Å². The van der Waals surface area contributed by atoms with Crippen molar-refractivity contribution in [3.8, 4) is 5.75 Å². The number of hydrogen-bond donors (Lipinski definition) is 3. The second kappa shape index (κ2) is 12.4. The van der Waals surface area contributed by atoms with Crippen molar-refractivity contribution < 1.29 is 9.53 Å². The van der Waals surface area contributed by atoms with E-state index >= 15 is 0 Å². The van der Waals surface area contributed by atoms with Gasteiger partial charge in [0.05, 0.1) is 0 Å². The molecule has 0 radical (unpaired) electrons. The first kappa shape index (κ1) is 24.0. The van der Waals surface area contributed by atoms with Crippen LogP contribution in [0.15, 0.2) is 29.3 Å². The lowest BCUT2D eigenvalue weighted by atomic mass is 10.1. The average Bonchev–Trinajstić information content (AvgIpc) is 3.52. The Hall–Kier alpha value is -2.28. The fourth-order valence-electron chi connectivity index (χ4n) is 3.36. The third-order valence-corrected chi connectivity index (χ3v) is 5.15. The van der Waals surface area contributed by atoms with Crippen LogP contribution in [0, 0.1) is 0 Å². The molecule has 1 aliphatic carbocycles. The summed E-state index contributed by atoms with van der Waals surface area (Å²) in [6, 6.07) is 9.33. The molecule has 0 saturated heterocycles. The van der Waals surface area contributed by atoms with Crippen LogP contribution in [-0.4, -0.2) is 68.2 Å². The van der Waals surface area contributed by atoms with Gasteiger partial charge in [0.25, 0.3) is 5.91 Å². The summed E-state index contributed by atoms with van der Waals surface area (Å²) >= 11 is 0. The third kappa shape index (κ3) is 9.03. The van der Waals surface area contributed by atoms with Gasteiger partial charge >= 0.3 is 0 Å². The number of carbonyl (C=O) groups is 1. The molecule has 7 nitrogen and oxygen atoms in total. The zero-order valence-corrected chi connectivity index (χ0v) is 19.2. The highest BCUT2D eigenvalue weighted by atomic mass is 16.5. The second-order valence-electron chi connectivity index (χ2n) is 8.38. The van der Waals surface area contributed by atoms with E-state index < -0.39 is 0 Å². The number of rotatable bonds is 12. The first-order valence-corrected chi connectivity index (χ1v) is 11.1. The number of hydrogen-bond acceptors (Lipinski definition) is 4. The lowest BCUT2D eigenvalue weighted by molar-refractivity contribution is -0.123. The molecule has 168 valence electrons. The molecule has 1 saturated carbocycles. The van der Waals surface area contributed by atoms with Gasteiger partial charge in [0.2, 0.25) is 0 Å². The van der Waals surface area contributed by atoms with Crippen LogP contribution in [-0.2, 0) is 11.2 Å². The molecule has 0 spiro atoms. The van der Waals surface area contributed by atoms with Gasteiger partial charge in [0.1, 0.15) is 5.75 Å². The number of ether oxygens (including phenoxy) is 1. The normalized spacial score (nSPS) is 14.3. The van der Waals surface area contributed by atoms with E-state index in [-0.39, 0.29) is 12.5 Å². The van der Waals surface area contributed by atoms with Gasteiger partial charge in [-0.3, -0.25) is 14.7 Å². The Morgan fingerprint density at radius 3 is 2.30 bits per heavy atom. The quantitative estimate of drug-likeness (QED) is 0.359. The molecule has 1 fully saturated rings. The largest absolute Gasteiger partial charge is 0.484 e. The maximum atomic E-state index is 11.7. The summed E-state index contributed by atoms with van der Waals surface area (Å²) in [5, 5.41) is 9.67. The summed E-state index contributed by atoms with van der Waals surface area (Å²) in [6.45, 7) is 11.6. The Morgan fingerprint density at radius 1 is 1.10 bits per heavy atom. The summed E-state index contributed by atoms with van der Waals surface area (Å²) in [4.78, 5) is 18.4. The highest BCUT2D eigenvalue weighted by molar-refractivity contribution is 5.79. The van der Waals surface area contributed by atoms with E-state index in [9.17, 15) is 4.79 Å². The summed E-state index contributed by atoms with van der Waals surface area (Å²) in [7, 11) is 1.80. The van der Waals surface area contributed by atoms with Crippen molar-refractivity contribution in [1.82, 2.24) is 20.9 Å². The van der Waals surface area contributed by atoms with Gasteiger partial charge in [-0.1, -0.05) is 12.1 Å². The Labute approximate surface area is 181 Å². The summed E-state index contributed by atoms with van der Waals surface area (Å²) in [5.74, 6) is 1.49. The smallest absolute Gasteiger partial charge is 0.258 e. The van der Waals surface area contributed by atoms with E-state index in [0.29, 0.717) is 18.1 Å². The van der Waals surface area contributed by atoms with E-state index in [0.717, 1.165) is 50.6 Å². The van der Waals surface area contributed by atoms with Crippen molar-refractivity contribution in [2.45, 2.75) is 65.1 Å². The molecule has 3 N–H and O–H groups in total. The van der Waals surface area contributed by atoms with Crippen molar-refractivity contribution in [2.24, 2.45) is 4.99 Å². The Morgan fingerprint density at radius 2 is 1.73 bits per heavy atom. The molecule has 2 rings (SSSR count). The zero-order valence-electron chi connectivity index (χ0n) is 19.2. The molecule has 0 atom stereocenters. The van der Waals surface area contributed by atoms with Gasteiger partial charge in [-0.2, -0.15) is 0 Å². The molecule has 0 aromatic heterocycles. The van der Waals surface area contributed by atoms with Crippen LogP contribution in [0.5, 0.6) is 5.75 Å². The molecule has 0 aliphatic heterocycles. The maximum absolute atomic E-state index is 11.7. The number of amides is 1. The van der Waals surface area contributed by atoms with Crippen LogP contribution >= 0.6 is 0 Å². The van der Waals surface area contributed by atoms with Crippen molar-refractivity contribution in [2.75, 3.05) is 33.3 Å². The molecular formula is C23H39N5O2. The van der Waals surface area contributed by atoms with Gasteiger partial charge in [-0.15, -0.1) is 0 Å². The molecule has 1 aromatic rings. The molecule has 0 heterocycles. The summed E-state index contributed by atoms with van der Waals surface area (Å²) in [5.41, 5.74) is 1.21. The molecule has 1 amide bonds. The van der Waals surface area contributed by atoms with E-state index in [1.165, 1.54) is 5.56 Å². The lowest BCUT2D eigenvalue weighted by Crippen LogP contribution is -2.45. The highest BCUT2D eigenvalue weighted by Gasteiger charge is 2.23. The fraction of sp³-hybridized carbons (Fsp3) is 0.652. The lowest BCUT2D eigenvalue weighted by Gasteiger charge is -2.30. The minimum Gasteiger partial charge on any atom is -0.484 e. The highest BCUT2D eigenvalue weighted by Crippen LogP contribution is 2.18. The van der Waals surface area contributed by atoms with Crippen molar-refractivity contribution in [1.29, 1.82) is 0 Å². The van der Waals surface area contributed by atoms with Crippen LogP contribution in [0.3, 0.4) is 0 Å². The van der Waals surface area contributed by atoms with E-state index in [2.05, 4.69) is 53.5 Å². The monoisotopic (exact) mass is 417 g/mol. The van der Waals surface area contributed by atoms with Crippen LogP contribution in [0.25, 0.3) is 0 Å². The maximum Gasteiger partial charge on any atom is 0.258 e. The van der Waals surface area contributed by atoms with E-state index in [1.807, 2.05) is 24.3 Å². The topological polar surface area (TPSA) is 78.0 Å². The van der Waals surface area contributed by atoms with Crippen molar-refractivity contribution in [3.63, 3.8) is 0 Å². The minimum atomic E-state index is -0.0467. The molecule has 0 unspecified atom stereocenters. The molecule has 1 aromatic carbocycles. The van der Waals surface area contributed by atoms with Crippen LogP contribution in [0.2, 0.25) is 0 Å². The number of benzene rings is 1. The number of carbonyl (C=O) groups excluding carboxylic acids is 1.